The van der Waals surface area contributed by atoms with Crippen molar-refractivity contribution in [2.24, 2.45) is 0 Å². The molecule has 0 amide bonds. The quantitative estimate of drug-likeness (QED) is 0.165. The van der Waals surface area contributed by atoms with Crippen LogP contribution in [0.1, 0.15) is 64.3 Å². The summed E-state index contributed by atoms with van der Waals surface area (Å²) < 4.78 is 5.84. The maximum atomic E-state index is 5.84. The van der Waals surface area contributed by atoms with Gasteiger partial charge in [-0.25, -0.2) is 15.0 Å². The normalized spacial score (nSPS) is 10.3. The highest BCUT2D eigenvalue weighted by atomic mass is 16.5. The summed E-state index contributed by atoms with van der Waals surface area (Å²) in [5.74, 6) is 2.69. The summed E-state index contributed by atoms with van der Waals surface area (Å²) >= 11 is 0. The summed E-state index contributed by atoms with van der Waals surface area (Å²) in [6.45, 7) is 16.2. The van der Waals surface area contributed by atoms with Gasteiger partial charge in [-0.05, 0) is 86.7 Å². The minimum Gasteiger partial charge on any atom is -0.493 e. The van der Waals surface area contributed by atoms with Crippen LogP contribution >= 0.6 is 0 Å². The maximum Gasteiger partial charge on any atom is 0.201 e. The van der Waals surface area contributed by atoms with Crippen molar-refractivity contribution in [1.82, 2.24) is 19.9 Å². The van der Waals surface area contributed by atoms with E-state index >= 15 is 0 Å². The minimum atomic E-state index is 0.764. The number of rotatable bonds is 9. The first-order chi connectivity index (χ1) is 20.4. The molecular weight excluding hydrogens is 520 g/mol. The number of nitrogens with zero attached hydrogens (tertiary/aromatic N) is 3. The lowest BCUT2D eigenvalue weighted by atomic mass is 10.0. The zero-order chi connectivity index (χ0) is 30.3. The Morgan fingerprint density at radius 3 is 2.24 bits per heavy atom. The number of hydrogen-bond acceptors (Lipinski definition) is 6. The standard InChI is InChI=1S/C20H25N3O.C12H13N3.C3H8/c1-4-11-24-19-10-8-15(12-14(19)5-2)16-7-9-17-18(13-16)23-20(22-17)21-6-3;1-9-10(2)13-8-14-12(9)15-11-6-4-3-5-7-11;1-3-2/h7-10,12-13H,4-6,11H2,1-3H3,(H2,21,22,23);3-8H,1-2H3,(H,13,14,15);3H2,1-2H3. The van der Waals surface area contributed by atoms with Crippen LogP contribution < -0.4 is 15.4 Å². The zero-order valence-electron chi connectivity index (χ0n) is 26.2. The first-order valence-electron chi connectivity index (χ1n) is 15.0. The van der Waals surface area contributed by atoms with Crippen LogP contribution in [0.5, 0.6) is 5.75 Å². The Kier molecular flexibility index (Phi) is 12.8. The first kappa shape index (κ1) is 32.1. The third kappa shape index (κ3) is 9.06. The van der Waals surface area contributed by atoms with Gasteiger partial charge in [-0.1, -0.05) is 64.4 Å². The van der Waals surface area contributed by atoms with Gasteiger partial charge in [0.15, 0.2) is 0 Å². The molecule has 0 radical (unpaired) electrons. The second kappa shape index (κ2) is 16.8. The summed E-state index contributed by atoms with van der Waals surface area (Å²) in [5.41, 5.74) is 8.80. The van der Waals surface area contributed by atoms with Crippen LogP contribution in [0, 0.1) is 13.8 Å². The number of H-pyrrole nitrogens is 1. The van der Waals surface area contributed by atoms with E-state index in [2.05, 4.69) is 102 Å². The van der Waals surface area contributed by atoms with Crippen LogP contribution in [0.4, 0.5) is 17.5 Å². The highest BCUT2D eigenvalue weighted by Gasteiger charge is 2.08. The Balaban J connectivity index is 0.000000230. The van der Waals surface area contributed by atoms with Crippen LogP contribution in [-0.2, 0) is 6.42 Å². The molecule has 0 spiro atoms. The average Bonchev–Trinajstić information content (AvgIpc) is 3.41. The fourth-order valence-electron chi connectivity index (χ4n) is 4.15. The summed E-state index contributed by atoms with van der Waals surface area (Å²) in [7, 11) is 0. The van der Waals surface area contributed by atoms with E-state index in [4.69, 9.17) is 4.74 Å². The molecule has 0 atom stereocenters. The number of para-hydroxylation sites is 1. The van der Waals surface area contributed by atoms with Crippen molar-refractivity contribution in [3.63, 3.8) is 0 Å². The van der Waals surface area contributed by atoms with Crippen LogP contribution in [0.2, 0.25) is 0 Å². The smallest absolute Gasteiger partial charge is 0.201 e. The molecule has 0 aliphatic rings. The fraction of sp³-hybridized carbons (Fsp3) is 0.343. The molecule has 7 nitrogen and oxygen atoms in total. The molecule has 2 aromatic heterocycles. The van der Waals surface area contributed by atoms with Gasteiger partial charge in [-0.3, -0.25) is 0 Å². The van der Waals surface area contributed by atoms with Crippen molar-refractivity contribution >= 4 is 28.5 Å². The second-order valence-corrected chi connectivity index (χ2v) is 10.0. The molecule has 0 unspecified atom stereocenters. The number of fused-ring (bicyclic) bond motifs is 1. The van der Waals surface area contributed by atoms with Gasteiger partial charge in [0.2, 0.25) is 5.95 Å². The number of nitrogens with one attached hydrogen (secondary N) is 3. The number of aromatic amines is 1. The van der Waals surface area contributed by atoms with Crippen molar-refractivity contribution in [3.8, 4) is 16.9 Å². The van der Waals surface area contributed by atoms with Crippen molar-refractivity contribution in [2.75, 3.05) is 23.8 Å². The molecule has 42 heavy (non-hydrogen) atoms. The van der Waals surface area contributed by atoms with Crippen LogP contribution in [0.3, 0.4) is 0 Å². The van der Waals surface area contributed by atoms with Gasteiger partial charge in [0.1, 0.15) is 17.9 Å². The lowest BCUT2D eigenvalue weighted by Gasteiger charge is -2.12. The van der Waals surface area contributed by atoms with Gasteiger partial charge in [-0.2, -0.15) is 0 Å². The molecule has 3 aromatic carbocycles. The molecule has 7 heteroatoms. The molecule has 5 aromatic rings. The molecule has 3 N–H and O–H groups in total. The molecule has 0 fully saturated rings. The predicted octanol–water partition coefficient (Wildman–Crippen LogP) is 9.27. The topological polar surface area (TPSA) is 87.8 Å². The van der Waals surface area contributed by atoms with Crippen LogP contribution in [0.15, 0.2) is 73.1 Å². The number of imidazole rings is 1. The van der Waals surface area contributed by atoms with Gasteiger partial charge in [0, 0.05) is 23.5 Å². The third-order valence-corrected chi connectivity index (χ3v) is 6.44. The van der Waals surface area contributed by atoms with Crippen molar-refractivity contribution in [1.29, 1.82) is 0 Å². The predicted molar refractivity (Wildman–Crippen MR) is 178 cm³/mol. The Morgan fingerprint density at radius 2 is 1.55 bits per heavy atom. The van der Waals surface area contributed by atoms with Gasteiger partial charge in [-0.15, -0.1) is 0 Å². The molecule has 0 bridgehead atoms. The lowest BCUT2D eigenvalue weighted by Crippen LogP contribution is -1.99. The SMILES string of the molecule is CCC.CCCOc1ccc(-c2ccc3nc(NCC)[nH]c3c2)cc1CC.Cc1ncnc(Nc2ccccc2)c1C. The molecule has 0 aliphatic heterocycles. The van der Waals surface area contributed by atoms with Crippen molar-refractivity contribution in [2.45, 2.75) is 67.7 Å². The van der Waals surface area contributed by atoms with Crippen molar-refractivity contribution < 1.29 is 4.74 Å². The molecule has 5 rings (SSSR count). The zero-order valence-corrected chi connectivity index (χ0v) is 26.2. The maximum absolute atomic E-state index is 5.84. The fourth-order valence-corrected chi connectivity index (χ4v) is 4.15. The number of aryl methyl sites for hydroxylation is 2. The van der Waals surface area contributed by atoms with E-state index in [-0.39, 0.29) is 0 Å². The largest absolute Gasteiger partial charge is 0.493 e. The Morgan fingerprint density at radius 1 is 0.833 bits per heavy atom. The van der Waals surface area contributed by atoms with Crippen LogP contribution in [-0.4, -0.2) is 33.1 Å². The van der Waals surface area contributed by atoms with E-state index in [1.807, 2.05) is 44.2 Å². The van der Waals surface area contributed by atoms with Gasteiger partial charge >= 0.3 is 0 Å². The average molecular weight is 567 g/mol. The molecule has 2 heterocycles. The molecule has 0 saturated heterocycles. The van der Waals surface area contributed by atoms with Gasteiger partial charge in [0.25, 0.3) is 0 Å². The number of benzene rings is 3. The number of aromatic nitrogens is 4. The Bertz CT molecular complexity index is 1510. The second-order valence-electron chi connectivity index (χ2n) is 10.0. The summed E-state index contributed by atoms with van der Waals surface area (Å²) in [4.78, 5) is 16.2. The number of hydrogen-bond donors (Lipinski definition) is 3. The first-order valence-corrected chi connectivity index (χ1v) is 15.0. The Hall–Kier alpha value is -4.39. The summed E-state index contributed by atoms with van der Waals surface area (Å²) in [5, 5.41) is 6.48. The van der Waals surface area contributed by atoms with E-state index in [1.54, 1.807) is 6.33 Å². The Labute approximate surface area is 251 Å². The lowest BCUT2D eigenvalue weighted by molar-refractivity contribution is 0.314. The van der Waals surface area contributed by atoms with E-state index in [1.165, 1.54) is 23.1 Å². The monoisotopic (exact) mass is 566 g/mol. The highest BCUT2D eigenvalue weighted by molar-refractivity contribution is 5.83. The van der Waals surface area contributed by atoms with E-state index < -0.39 is 0 Å². The number of anilines is 3. The molecular formula is C35H46N6O. The minimum absolute atomic E-state index is 0.764. The number of ether oxygens (including phenoxy) is 1. The molecule has 0 aliphatic carbocycles. The molecule has 222 valence electrons. The van der Waals surface area contributed by atoms with Crippen molar-refractivity contribution in [3.05, 3.63) is 89.9 Å². The van der Waals surface area contributed by atoms with Crippen LogP contribution in [0.25, 0.3) is 22.2 Å². The summed E-state index contributed by atoms with van der Waals surface area (Å²) in [6, 6.07) is 22.8. The van der Waals surface area contributed by atoms with E-state index in [0.717, 1.165) is 71.5 Å². The van der Waals surface area contributed by atoms with E-state index in [0.29, 0.717) is 0 Å². The van der Waals surface area contributed by atoms with Gasteiger partial charge < -0.3 is 20.4 Å². The third-order valence-electron chi connectivity index (χ3n) is 6.44. The highest BCUT2D eigenvalue weighted by Crippen LogP contribution is 2.29. The van der Waals surface area contributed by atoms with E-state index in [9.17, 15) is 0 Å². The molecule has 0 saturated carbocycles. The summed E-state index contributed by atoms with van der Waals surface area (Å²) in [6.07, 6.45) is 4.81. The van der Waals surface area contributed by atoms with Gasteiger partial charge in [0.05, 0.1) is 17.6 Å².